The molecule has 6 aromatic rings. The van der Waals surface area contributed by atoms with Crippen LogP contribution >= 0.6 is 0 Å². The van der Waals surface area contributed by atoms with Crippen molar-refractivity contribution in [2.24, 2.45) is 0 Å². The van der Waals surface area contributed by atoms with Crippen molar-refractivity contribution in [3.8, 4) is 22.4 Å². The number of aryl methyl sites for hydroxylation is 1. The van der Waals surface area contributed by atoms with Gasteiger partial charge >= 0.3 is 0 Å². The number of fused-ring (bicyclic) bond motifs is 5. The molecule has 2 aliphatic rings. The van der Waals surface area contributed by atoms with E-state index < -0.39 is 0 Å². The Labute approximate surface area is 228 Å². The second-order valence-electron chi connectivity index (χ2n) is 10.7. The Bertz CT molecular complexity index is 1840. The number of aromatic amines is 2. The molecule has 2 fully saturated rings. The summed E-state index contributed by atoms with van der Waals surface area (Å²) in [4.78, 5) is 29.3. The van der Waals surface area contributed by atoms with Crippen molar-refractivity contribution in [1.29, 1.82) is 0 Å². The van der Waals surface area contributed by atoms with Crippen LogP contribution in [-0.2, 0) is 0 Å². The quantitative estimate of drug-likeness (QED) is 0.347. The van der Waals surface area contributed by atoms with Gasteiger partial charge in [-0.2, -0.15) is 19.8 Å². The van der Waals surface area contributed by atoms with E-state index in [4.69, 9.17) is 9.97 Å². The van der Waals surface area contributed by atoms with Crippen LogP contribution in [0.25, 0.3) is 39.1 Å². The summed E-state index contributed by atoms with van der Waals surface area (Å²) in [5.41, 5.74) is 7.38. The zero-order chi connectivity index (χ0) is 26.8. The van der Waals surface area contributed by atoms with Gasteiger partial charge in [0.15, 0.2) is 11.3 Å². The zero-order valence-corrected chi connectivity index (χ0v) is 21.8. The SMILES string of the molecule is Cc1[nH]nc2c1c(C1C[C@H]3CC[C@@H](C1)N3C(=O)c1ncn[nH]1)nc1c(-c3ccc(-c4ccccc4)nc3)cnn12. The molecule has 1 unspecified atom stereocenters. The van der Waals surface area contributed by atoms with E-state index >= 15 is 0 Å². The first-order chi connectivity index (χ1) is 19.7. The molecule has 11 heteroatoms. The average molecular weight is 531 g/mol. The Morgan fingerprint density at radius 2 is 1.75 bits per heavy atom. The maximum atomic E-state index is 13.2. The standard InChI is InChI=1S/C29H26N10O/c1-16-24-25(19-11-20-8-9-21(12-19)38(20)29(40)26-31-15-32-36-26)34-27-22(14-33-39(27)28(24)37-35-16)18-7-10-23(30-13-18)17-5-3-2-4-6-17/h2-7,10,13-15,19-21H,8-9,11-12H2,1H3,(H,35,37)(H,31,32,36)/t19?,20-,21+. The molecular weight excluding hydrogens is 504 g/mol. The highest BCUT2D eigenvalue weighted by Crippen LogP contribution is 2.45. The number of carbonyl (C=O) groups excluding carboxylic acids is 1. The highest BCUT2D eigenvalue weighted by atomic mass is 16.2. The molecule has 2 aliphatic heterocycles. The van der Waals surface area contributed by atoms with E-state index in [1.165, 1.54) is 6.33 Å². The number of hydrogen-bond acceptors (Lipinski definition) is 7. The molecule has 0 spiro atoms. The zero-order valence-electron chi connectivity index (χ0n) is 21.8. The lowest BCUT2D eigenvalue weighted by atomic mass is 9.86. The summed E-state index contributed by atoms with van der Waals surface area (Å²) in [5, 5.41) is 20.1. The van der Waals surface area contributed by atoms with Gasteiger partial charge in [-0.25, -0.2) is 9.97 Å². The predicted octanol–water partition coefficient (Wildman–Crippen LogP) is 4.31. The van der Waals surface area contributed by atoms with Crippen LogP contribution in [0.4, 0.5) is 0 Å². The van der Waals surface area contributed by atoms with Crippen LogP contribution < -0.4 is 0 Å². The molecule has 0 aliphatic carbocycles. The molecule has 1 amide bonds. The summed E-state index contributed by atoms with van der Waals surface area (Å²) in [6.45, 7) is 2.03. The van der Waals surface area contributed by atoms with Crippen molar-refractivity contribution in [3.63, 3.8) is 0 Å². The summed E-state index contributed by atoms with van der Waals surface area (Å²) < 4.78 is 1.82. The molecule has 2 N–H and O–H groups in total. The van der Waals surface area contributed by atoms with Gasteiger partial charge < -0.3 is 4.90 Å². The third-order valence-electron chi connectivity index (χ3n) is 8.47. The first-order valence-corrected chi connectivity index (χ1v) is 13.6. The van der Waals surface area contributed by atoms with Crippen LogP contribution in [0.15, 0.2) is 61.2 Å². The number of amides is 1. The summed E-state index contributed by atoms with van der Waals surface area (Å²) in [5.74, 6) is 0.432. The second-order valence-corrected chi connectivity index (χ2v) is 10.7. The minimum atomic E-state index is -0.0685. The number of aromatic nitrogens is 9. The molecule has 198 valence electrons. The smallest absolute Gasteiger partial charge is 0.291 e. The second kappa shape index (κ2) is 8.80. The number of rotatable bonds is 4. The molecule has 0 saturated carbocycles. The molecule has 8 rings (SSSR count). The van der Waals surface area contributed by atoms with E-state index in [1.807, 2.05) is 53.0 Å². The minimum absolute atomic E-state index is 0.0685. The van der Waals surface area contributed by atoms with Gasteiger partial charge in [-0.1, -0.05) is 36.4 Å². The van der Waals surface area contributed by atoms with E-state index in [0.29, 0.717) is 5.82 Å². The van der Waals surface area contributed by atoms with Gasteiger partial charge in [-0.15, -0.1) is 0 Å². The van der Waals surface area contributed by atoms with Crippen molar-refractivity contribution in [3.05, 3.63) is 78.4 Å². The highest BCUT2D eigenvalue weighted by molar-refractivity contribution is 5.91. The van der Waals surface area contributed by atoms with Crippen LogP contribution in [-0.4, -0.2) is 67.9 Å². The van der Waals surface area contributed by atoms with Gasteiger partial charge in [0, 0.05) is 46.6 Å². The molecular formula is C29H26N10O. The Kier molecular flexibility index (Phi) is 5.06. The molecule has 2 bridgehead atoms. The summed E-state index contributed by atoms with van der Waals surface area (Å²) in [7, 11) is 0. The number of hydrogen-bond donors (Lipinski definition) is 2. The normalized spacial score (nSPS) is 20.5. The maximum Gasteiger partial charge on any atom is 0.291 e. The largest absolute Gasteiger partial charge is 0.330 e. The lowest BCUT2D eigenvalue weighted by molar-refractivity contribution is 0.0558. The number of benzene rings is 1. The Hall–Kier alpha value is -4.93. The van der Waals surface area contributed by atoms with Crippen molar-refractivity contribution < 1.29 is 4.79 Å². The predicted molar refractivity (Wildman–Crippen MR) is 147 cm³/mol. The molecule has 40 heavy (non-hydrogen) atoms. The lowest BCUT2D eigenvalue weighted by Crippen LogP contribution is -2.46. The number of carbonyl (C=O) groups is 1. The minimum Gasteiger partial charge on any atom is -0.330 e. The Morgan fingerprint density at radius 1 is 0.925 bits per heavy atom. The number of pyridine rings is 1. The van der Waals surface area contributed by atoms with Crippen molar-refractivity contribution in [2.75, 3.05) is 0 Å². The molecule has 5 aromatic heterocycles. The topological polar surface area (TPSA) is 134 Å². The van der Waals surface area contributed by atoms with Crippen LogP contribution in [0.5, 0.6) is 0 Å². The van der Waals surface area contributed by atoms with Gasteiger partial charge in [0.2, 0.25) is 5.82 Å². The highest BCUT2D eigenvalue weighted by Gasteiger charge is 2.45. The van der Waals surface area contributed by atoms with Gasteiger partial charge in [-0.05, 0) is 38.7 Å². The van der Waals surface area contributed by atoms with Gasteiger partial charge in [0.1, 0.15) is 6.33 Å². The van der Waals surface area contributed by atoms with E-state index in [-0.39, 0.29) is 23.9 Å². The fourth-order valence-corrected chi connectivity index (χ4v) is 6.65. The first-order valence-electron chi connectivity index (χ1n) is 13.6. The van der Waals surface area contributed by atoms with Crippen LogP contribution in [0.1, 0.15) is 53.6 Å². The molecule has 11 nitrogen and oxygen atoms in total. The molecule has 0 radical (unpaired) electrons. The fourth-order valence-electron chi connectivity index (χ4n) is 6.65. The molecule has 3 atom stereocenters. The molecule has 7 heterocycles. The van der Waals surface area contributed by atoms with Gasteiger partial charge in [0.05, 0.1) is 23.0 Å². The molecule has 1 aromatic carbocycles. The number of nitrogens with zero attached hydrogens (tertiary/aromatic N) is 8. The van der Waals surface area contributed by atoms with E-state index in [2.05, 4.69) is 48.7 Å². The van der Waals surface area contributed by atoms with Gasteiger partial charge in [-0.3, -0.25) is 20.0 Å². The van der Waals surface area contributed by atoms with Crippen molar-refractivity contribution >= 4 is 22.6 Å². The van der Waals surface area contributed by atoms with E-state index in [9.17, 15) is 4.79 Å². The van der Waals surface area contributed by atoms with Crippen LogP contribution in [0.3, 0.4) is 0 Å². The van der Waals surface area contributed by atoms with E-state index in [0.717, 1.165) is 76.1 Å². The number of nitrogens with one attached hydrogen (secondary N) is 2. The average Bonchev–Trinajstić information content (AvgIpc) is 3.79. The Morgan fingerprint density at radius 3 is 2.48 bits per heavy atom. The van der Waals surface area contributed by atoms with E-state index in [1.54, 1.807) is 0 Å². The lowest BCUT2D eigenvalue weighted by Gasteiger charge is -2.38. The third-order valence-corrected chi connectivity index (χ3v) is 8.47. The summed E-state index contributed by atoms with van der Waals surface area (Å²) >= 11 is 0. The van der Waals surface area contributed by atoms with Crippen LogP contribution in [0.2, 0.25) is 0 Å². The number of piperidine rings is 1. The van der Waals surface area contributed by atoms with Gasteiger partial charge in [0.25, 0.3) is 5.91 Å². The number of H-pyrrole nitrogens is 2. The van der Waals surface area contributed by atoms with Crippen LogP contribution in [0, 0.1) is 6.92 Å². The monoisotopic (exact) mass is 530 g/mol. The van der Waals surface area contributed by atoms with Crippen molar-refractivity contribution in [1.82, 2.24) is 49.9 Å². The molecule has 2 saturated heterocycles. The summed E-state index contributed by atoms with van der Waals surface area (Å²) in [6.07, 6.45) is 8.76. The fraction of sp³-hybridized carbons (Fsp3) is 0.276. The third kappa shape index (κ3) is 3.47. The van der Waals surface area contributed by atoms with Crippen molar-refractivity contribution in [2.45, 2.75) is 50.6 Å². The summed E-state index contributed by atoms with van der Waals surface area (Å²) in [6, 6.07) is 14.5. The maximum absolute atomic E-state index is 13.2. The first kappa shape index (κ1) is 23.0. The Balaban J connectivity index is 1.18.